The van der Waals surface area contributed by atoms with E-state index in [-0.39, 0.29) is 11.6 Å². The first kappa shape index (κ1) is 11.1. The zero-order valence-electron chi connectivity index (χ0n) is 10.7. The van der Waals surface area contributed by atoms with Gasteiger partial charge in [0.1, 0.15) is 5.78 Å². The molecule has 2 amide bonds. The lowest BCUT2D eigenvalue weighted by molar-refractivity contribution is -0.128. The lowest BCUT2D eigenvalue weighted by Crippen LogP contribution is -2.61. The molecule has 4 heteroatoms. The van der Waals surface area contributed by atoms with Gasteiger partial charge in [0.25, 0.3) is 0 Å². The molecule has 1 heterocycles. The minimum atomic E-state index is 0.0756. The van der Waals surface area contributed by atoms with Crippen LogP contribution in [0.15, 0.2) is 0 Å². The molecule has 0 atom stereocenters. The number of carbonyl (C=O) groups excluding carboxylic acids is 2. The summed E-state index contributed by atoms with van der Waals surface area (Å²) in [6, 6.07) is 0.145. The normalized spacial score (nSPS) is 30.2. The van der Waals surface area contributed by atoms with Crippen LogP contribution >= 0.6 is 0 Å². The monoisotopic (exact) mass is 236 g/mol. The fraction of sp³-hybridized carbons (Fsp3) is 0.846. The van der Waals surface area contributed by atoms with Crippen LogP contribution in [-0.2, 0) is 4.79 Å². The van der Waals surface area contributed by atoms with E-state index in [1.54, 1.807) is 0 Å². The van der Waals surface area contributed by atoms with Crippen LogP contribution in [0, 0.1) is 5.41 Å². The molecule has 0 bridgehead atoms. The highest BCUT2D eigenvalue weighted by Gasteiger charge is 2.61. The summed E-state index contributed by atoms with van der Waals surface area (Å²) in [5.74, 6) is 0.421. The number of likely N-dealkylation sites (N-methyl/N-ethyl adjacent to an activating group) is 2. The Hall–Kier alpha value is -1.06. The Balaban J connectivity index is 1.71. The van der Waals surface area contributed by atoms with Gasteiger partial charge in [-0.05, 0) is 31.1 Å². The third-order valence-corrected chi connectivity index (χ3v) is 5.13. The summed E-state index contributed by atoms with van der Waals surface area (Å²) in [7, 11) is 3.80. The fourth-order valence-corrected chi connectivity index (χ4v) is 4.18. The number of hydrogen-bond acceptors (Lipinski definition) is 2. The van der Waals surface area contributed by atoms with Crippen molar-refractivity contribution in [3.63, 3.8) is 0 Å². The Morgan fingerprint density at radius 2 is 1.65 bits per heavy atom. The van der Waals surface area contributed by atoms with E-state index in [9.17, 15) is 9.59 Å². The topological polar surface area (TPSA) is 40.6 Å². The van der Waals surface area contributed by atoms with Crippen LogP contribution in [0.5, 0.6) is 0 Å². The van der Waals surface area contributed by atoms with Gasteiger partial charge in [-0.2, -0.15) is 0 Å². The molecule has 3 rings (SSSR count). The molecule has 94 valence electrons. The molecule has 1 saturated heterocycles. The second kappa shape index (κ2) is 3.24. The van der Waals surface area contributed by atoms with Gasteiger partial charge in [0.05, 0.1) is 5.54 Å². The van der Waals surface area contributed by atoms with Crippen molar-refractivity contribution in [3.05, 3.63) is 0 Å². The van der Waals surface area contributed by atoms with Gasteiger partial charge in [0.15, 0.2) is 0 Å². The minimum absolute atomic E-state index is 0.0756. The fourth-order valence-electron chi connectivity index (χ4n) is 4.18. The van der Waals surface area contributed by atoms with Gasteiger partial charge in [-0.25, -0.2) is 4.79 Å². The number of carbonyl (C=O) groups is 2. The van der Waals surface area contributed by atoms with E-state index < -0.39 is 0 Å². The number of urea groups is 1. The number of nitrogens with zero attached hydrogens (tertiary/aromatic N) is 2. The highest BCUT2D eigenvalue weighted by Crippen LogP contribution is 2.59. The molecule has 1 aliphatic heterocycles. The summed E-state index contributed by atoms with van der Waals surface area (Å²) in [4.78, 5) is 26.9. The van der Waals surface area contributed by atoms with Gasteiger partial charge in [0.2, 0.25) is 0 Å². The van der Waals surface area contributed by atoms with Crippen molar-refractivity contribution in [1.82, 2.24) is 9.80 Å². The molecule has 4 nitrogen and oxygen atoms in total. The second-order valence-electron chi connectivity index (χ2n) is 6.31. The summed E-state index contributed by atoms with van der Waals surface area (Å²) in [5, 5.41) is 0. The standard InChI is InChI=1S/C13H20N2O2/c1-14-9-13(15(2)11(14)17)7-12(8-13)5-3-10(16)4-6-12/h3-9H2,1-2H3. The molecule has 0 unspecified atom stereocenters. The van der Waals surface area contributed by atoms with E-state index in [2.05, 4.69) is 0 Å². The van der Waals surface area contributed by atoms with Crippen molar-refractivity contribution in [1.29, 1.82) is 0 Å². The molecule has 0 radical (unpaired) electrons. The molecule has 2 aliphatic carbocycles. The zero-order valence-corrected chi connectivity index (χ0v) is 10.7. The van der Waals surface area contributed by atoms with Crippen LogP contribution in [0.2, 0.25) is 0 Å². The molecule has 17 heavy (non-hydrogen) atoms. The Labute approximate surface area is 102 Å². The van der Waals surface area contributed by atoms with Crippen molar-refractivity contribution in [3.8, 4) is 0 Å². The third kappa shape index (κ3) is 1.42. The lowest BCUT2D eigenvalue weighted by Gasteiger charge is -2.58. The first-order valence-electron chi connectivity index (χ1n) is 6.47. The first-order chi connectivity index (χ1) is 7.96. The summed E-state index contributed by atoms with van der Waals surface area (Å²) in [6.07, 6.45) is 5.78. The molecule has 2 saturated carbocycles. The van der Waals surface area contributed by atoms with Crippen LogP contribution in [-0.4, -0.2) is 47.8 Å². The summed E-state index contributed by atoms with van der Waals surface area (Å²) < 4.78 is 0. The minimum Gasteiger partial charge on any atom is -0.325 e. The van der Waals surface area contributed by atoms with Crippen molar-refractivity contribution in [2.75, 3.05) is 20.6 Å². The lowest BCUT2D eigenvalue weighted by atomic mass is 9.52. The molecular weight excluding hydrogens is 216 g/mol. The highest BCUT2D eigenvalue weighted by atomic mass is 16.2. The quantitative estimate of drug-likeness (QED) is 0.641. The number of amides is 2. The Bertz CT molecular complexity index is 373. The van der Waals surface area contributed by atoms with E-state index >= 15 is 0 Å². The highest BCUT2D eigenvalue weighted by molar-refractivity contribution is 5.80. The van der Waals surface area contributed by atoms with Crippen molar-refractivity contribution >= 4 is 11.8 Å². The Morgan fingerprint density at radius 1 is 1.06 bits per heavy atom. The molecule has 2 spiro atoms. The number of hydrogen-bond donors (Lipinski definition) is 0. The maximum absolute atomic E-state index is 11.8. The van der Waals surface area contributed by atoms with Gasteiger partial charge in [-0.1, -0.05) is 0 Å². The van der Waals surface area contributed by atoms with Gasteiger partial charge >= 0.3 is 6.03 Å². The molecule has 3 aliphatic rings. The Morgan fingerprint density at radius 3 is 2.12 bits per heavy atom. The van der Waals surface area contributed by atoms with E-state index in [1.165, 1.54) is 0 Å². The number of rotatable bonds is 0. The van der Waals surface area contributed by atoms with Crippen molar-refractivity contribution < 1.29 is 9.59 Å². The predicted molar refractivity (Wildman–Crippen MR) is 63.7 cm³/mol. The largest absolute Gasteiger partial charge is 0.325 e. The van der Waals surface area contributed by atoms with Gasteiger partial charge in [-0.15, -0.1) is 0 Å². The van der Waals surface area contributed by atoms with Crippen LogP contribution in [0.1, 0.15) is 38.5 Å². The number of ketones is 1. The van der Waals surface area contributed by atoms with Gasteiger partial charge in [0, 0.05) is 33.5 Å². The van der Waals surface area contributed by atoms with Crippen LogP contribution in [0.25, 0.3) is 0 Å². The average Bonchev–Trinajstić information content (AvgIpc) is 2.47. The third-order valence-electron chi connectivity index (χ3n) is 5.13. The molecule has 0 aromatic rings. The second-order valence-corrected chi connectivity index (χ2v) is 6.31. The Kier molecular flexibility index (Phi) is 2.11. The predicted octanol–water partition coefficient (Wildman–Crippen LogP) is 1.65. The molecule has 0 N–H and O–H groups in total. The maximum Gasteiger partial charge on any atom is 0.320 e. The van der Waals surface area contributed by atoms with Crippen molar-refractivity contribution in [2.45, 2.75) is 44.1 Å². The van der Waals surface area contributed by atoms with E-state index in [0.29, 0.717) is 11.2 Å². The summed E-state index contributed by atoms with van der Waals surface area (Å²) >= 11 is 0. The van der Waals surface area contributed by atoms with Crippen molar-refractivity contribution in [2.24, 2.45) is 5.41 Å². The van der Waals surface area contributed by atoms with E-state index in [1.807, 2.05) is 23.9 Å². The summed E-state index contributed by atoms with van der Waals surface area (Å²) in [5.41, 5.74) is 0.444. The van der Waals surface area contributed by atoms with E-state index in [0.717, 1.165) is 45.1 Å². The smallest absolute Gasteiger partial charge is 0.320 e. The average molecular weight is 236 g/mol. The number of Topliss-reactive ketones (excluding diaryl/α,β-unsaturated/α-hetero) is 1. The molecule has 3 fully saturated rings. The maximum atomic E-state index is 11.8. The van der Waals surface area contributed by atoms with Crippen LogP contribution in [0.4, 0.5) is 4.79 Å². The molecular formula is C13H20N2O2. The van der Waals surface area contributed by atoms with Crippen LogP contribution in [0.3, 0.4) is 0 Å². The van der Waals surface area contributed by atoms with Gasteiger partial charge < -0.3 is 9.80 Å². The molecule has 0 aromatic carbocycles. The van der Waals surface area contributed by atoms with Crippen LogP contribution < -0.4 is 0 Å². The zero-order chi connectivity index (χ0) is 12.3. The first-order valence-corrected chi connectivity index (χ1v) is 6.47. The summed E-state index contributed by atoms with van der Waals surface area (Å²) in [6.45, 7) is 0.859. The molecule has 0 aromatic heterocycles. The van der Waals surface area contributed by atoms with Gasteiger partial charge in [-0.3, -0.25) is 4.79 Å². The SMILES string of the molecule is CN1CC2(CC3(CCC(=O)CC3)C2)N(C)C1=O. The van der Waals surface area contributed by atoms with E-state index in [4.69, 9.17) is 0 Å².